The van der Waals surface area contributed by atoms with Crippen LogP contribution in [0.25, 0.3) is 0 Å². The van der Waals surface area contributed by atoms with Gasteiger partial charge in [0.25, 0.3) is 0 Å². The maximum absolute atomic E-state index is 6.07. The van der Waals surface area contributed by atoms with Crippen molar-refractivity contribution < 1.29 is 18.9 Å². The van der Waals surface area contributed by atoms with Crippen LogP contribution < -0.4 is 5.32 Å². The van der Waals surface area contributed by atoms with Crippen molar-refractivity contribution >= 4 is 0 Å². The third-order valence-electron chi connectivity index (χ3n) is 5.02. The highest BCUT2D eigenvalue weighted by molar-refractivity contribution is 5.09. The Hall–Kier alpha value is -0.200. The van der Waals surface area contributed by atoms with Gasteiger partial charge in [-0.1, -0.05) is 12.8 Å². The Balaban J connectivity index is 1.50. The van der Waals surface area contributed by atoms with Gasteiger partial charge < -0.3 is 24.3 Å². The molecule has 0 bridgehead atoms. The molecule has 2 unspecified atom stereocenters. The van der Waals surface area contributed by atoms with Crippen LogP contribution in [0.3, 0.4) is 0 Å². The van der Waals surface area contributed by atoms with E-state index in [1.165, 1.54) is 25.7 Å². The lowest BCUT2D eigenvalue weighted by atomic mass is 9.60. The summed E-state index contributed by atoms with van der Waals surface area (Å²) in [6, 6.07) is 0.653. The molecule has 2 aliphatic carbocycles. The predicted molar refractivity (Wildman–Crippen MR) is 81.6 cm³/mol. The molecule has 0 aliphatic heterocycles. The van der Waals surface area contributed by atoms with E-state index in [1.54, 1.807) is 7.11 Å². The van der Waals surface area contributed by atoms with Crippen LogP contribution >= 0.6 is 0 Å². The van der Waals surface area contributed by atoms with E-state index in [1.807, 2.05) is 0 Å². The van der Waals surface area contributed by atoms with E-state index in [0.29, 0.717) is 57.2 Å². The van der Waals surface area contributed by atoms with Crippen molar-refractivity contribution in [3.63, 3.8) is 0 Å². The topological polar surface area (TPSA) is 49.0 Å². The maximum atomic E-state index is 6.07. The van der Waals surface area contributed by atoms with Gasteiger partial charge in [-0.25, -0.2) is 0 Å². The van der Waals surface area contributed by atoms with E-state index < -0.39 is 0 Å². The Kier molecular flexibility index (Phi) is 7.40. The minimum atomic E-state index is 0.415. The Bertz CT molecular complexity index is 281. The second-order valence-electron chi connectivity index (χ2n) is 6.09. The highest BCUT2D eigenvalue weighted by atomic mass is 16.6. The summed E-state index contributed by atoms with van der Waals surface area (Å²) in [5.74, 6) is 0. The number of nitrogens with one attached hydrogen (secondary N) is 1. The minimum Gasteiger partial charge on any atom is -0.382 e. The molecule has 2 rings (SSSR count). The Morgan fingerprint density at radius 2 is 1.57 bits per heavy atom. The van der Waals surface area contributed by atoms with Crippen molar-refractivity contribution in [3.05, 3.63) is 0 Å². The molecule has 0 heterocycles. The van der Waals surface area contributed by atoms with Crippen molar-refractivity contribution in [1.82, 2.24) is 5.32 Å². The first-order valence-electron chi connectivity index (χ1n) is 8.27. The standard InChI is InChI=1S/C16H31NO4/c1-17-14-13-15(16(14)5-3-4-6-16)21-12-11-20-10-9-19-8-7-18-2/h14-15,17H,3-13H2,1-2H3. The molecule has 0 aromatic rings. The quantitative estimate of drug-likeness (QED) is 0.588. The zero-order valence-electron chi connectivity index (χ0n) is 13.6. The molecule has 2 saturated carbocycles. The molecule has 0 amide bonds. The first-order chi connectivity index (χ1) is 10.3. The molecular weight excluding hydrogens is 270 g/mol. The molecule has 1 spiro atoms. The summed E-state index contributed by atoms with van der Waals surface area (Å²) >= 11 is 0. The SMILES string of the molecule is CNC1CC(OCCOCCOCCOC)C12CCCC2. The van der Waals surface area contributed by atoms with E-state index >= 15 is 0 Å². The molecular formula is C16H31NO4. The Morgan fingerprint density at radius 1 is 0.952 bits per heavy atom. The van der Waals surface area contributed by atoms with Gasteiger partial charge in [-0.2, -0.15) is 0 Å². The van der Waals surface area contributed by atoms with Gasteiger partial charge in [0.05, 0.1) is 45.7 Å². The first kappa shape index (κ1) is 17.2. The highest BCUT2D eigenvalue weighted by Gasteiger charge is 2.55. The maximum Gasteiger partial charge on any atom is 0.0704 e. The van der Waals surface area contributed by atoms with Crippen molar-refractivity contribution in [2.24, 2.45) is 5.41 Å². The second kappa shape index (κ2) is 9.06. The number of hydrogen-bond donors (Lipinski definition) is 1. The van der Waals surface area contributed by atoms with Crippen LogP contribution in [-0.4, -0.2) is 65.9 Å². The normalized spacial score (nSPS) is 27.1. The van der Waals surface area contributed by atoms with Crippen LogP contribution in [0.4, 0.5) is 0 Å². The highest BCUT2D eigenvalue weighted by Crippen LogP contribution is 2.54. The summed E-state index contributed by atoms with van der Waals surface area (Å²) in [4.78, 5) is 0. The molecule has 0 aromatic carbocycles. The average molecular weight is 301 g/mol. The smallest absolute Gasteiger partial charge is 0.0704 e. The fourth-order valence-electron chi connectivity index (χ4n) is 3.80. The number of ether oxygens (including phenoxy) is 4. The van der Waals surface area contributed by atoms with Crippen LogP contribution in [0.2, 0.25) is 0 Å². The third kappa shape index (κ3) is 4.39. The zero-order valence-corrected chi connectivity index (χ0v) is 13.6. The van der Waals surface area contributed by atoms with Gasteiger partial charge in [0.15, 0.2) is 0 Å². The fraction of sp³-hybridized carbons (Fsp3) is 1.00. The minimum absolute atomic E-state index is 0.415. The van der Waals surface area contributed by atoms with Crippen LogP contribution in [0, 0.1) is 5.41 Å². The molecule has 124 valence electrons. The van der Waals surface area contributed by atoms with Crippen molar-refractivity contribution in [2.45, 2.75) is 44.2 Å². The zero-order chi connectivity index (χ0) is 15.0. The van der Waals surface area contributed by atoms with Gasteiger partial charge in [-0.15, -0.1) is 0 Å². The first-order valence-corrected chi connectivity index (χ1v) is 8.27. The summed E-state index contributed by atoms with van der Waals surface area (Å²) in [5.41, 5.74) is 0.415. The molecule has 1 N–H and O–H groups in total. The molecule has 2 fully saturated rings. The average Bonchev–Trinajstić information content (AvgIpc) is 3.00. The van der Waals surface area contributed by atoms with E-state index in [4.69, 9.17) is 18.9 Å². The lowest BCUT2D eigenvalue weighted by molar-refractivity contribution is -0.140. The lowest BCUT2D eigenvalue weighted by Crippen LogP contribution is -2.62. The molecule has 0 aromatic heterocycles. The molecule has 5 nitrogen and oxygen atoms in total. The predicted octanol–water partition coefficient (Wildman–Crippen LogP) is 1.60. The summed E-state index contributed by atoms with van der Waals surface area (Å²) in [7, 11) is 3.75. The van der Waals surface area contributed by atoms with Crippen molar-refractivity contribution in [1.29, 1.82) is 0 Å². The van der Waals surface area contributed by atoms with E-state index in [2.05, 4.69) is 12.4 Å². The molecule has 5 heteroatoms. The number of hydrogen-bond acceptors (Lipinski definition) is 5. The van der Waals surface area contributed by atoms with E-state index in [-0.39, 0.29) is 0 Å². The molecule has 2 atom stereocenters. The summed E-state index contributed by atoms with van der Waals surface area (Å²) < 4.78 is 21.8. The fourth-order valence-corrected chi connectivity index (χ4v) is 3.80. The largest absolute Gasteiger partial charge is 0.382 e. The van der Waals surface area contributed by atoms with Gasteiger partial charge >= 0.3 is 0 Å². The Labute approximate surface area is 128 Å². The monoisotopic (exact) mass is 301 g/mol. The molecule has 2 aliphatic rings. The van der Waals surface area contributed by atoms with Gasteiger partial charge in [0.1, 0.15) is 0 Å². The summed E-state index contributed by atoms with van der Waals surface area (Å²) in [5, 5.41) is 3.46. The Morgan fingerprint density at radius 3 is 2.19 bits per heavy atom. The van der Waals surface area contributed by atoms with Gasteiger partial charge in [-0.05, 0) is 26.3 Å². The van der Waals surface area contributed by atoms with Gasteiger partial charge in [-0.3, -0.25) is 0 Å². The number of methoxy groups -OCH3 is 1. The van der Waals surface area contributed by atoms with Crippen molar-refractivity contribution in [2.75, 3.05) is 53.8 Å². The van der Waals surface area contributed by atoms with Gasteiger partial charge in [0.2, 0.25) is 0 Å². The van der Waals surface area contributed by atoms with Gasteiger partial charge in [0, 0.05) is 18.6 Å². The molecule has 0 radical (unpaired) electrons. The summed E-state index contributed by atoms with van der Waals surface area (Å²) in [6.07, 6.45) is 6.92. The van der Waals surface area contributed by atoms with Crippen LogP contribution in [0.1, 0.15) is 32.1 Å². The van der Waals surface area contributed by atoms with Crippen LogP contribution in [-0.2, 0) is 18.9 Å². The summed E-state index contributed by atoms with van der Waals surface area (Å²) in [6.45, 7) is 3.87. The van der Waals surface area contributed by atoms with Crippen molar-refractivity contribution in [3.8, 4) is 0 Å². The van der Waals surface area contributed by atoms with Crippen LogP contribution in [0.5, 0.6) is 0 Å². The van der Waals surface area contributed by atoms with E-state index in [0.717, 1.165) is 6.42 Å². The van der Waals surface area contributed by atoms with Crippen LogP contribution in [0.15, 0.2) is 0 Å². The molecule has 0 saturated heterocycles. The number of rotatable bonds is 11. The second-order valence-corrected chi connectivity index (χ2v) is 6.09. The molecule has 21 heavy (non-hydrogen) atoms. The lowest BCUT2D eigenvalue weighted by Gasteiger charge is -2.54. The van der Waals surface area contributed by atoms with E-state index in [9.17, 15) is 0 Å². The third-order valence-corrected chi connectivity index (χ3v) is 5.02.